The van der Waals surface area contributed by atoms with Crippen molar-refractivity contribution in [2.75, 3.05) is 13.7 Å². The summed E-state index contributed by atoms with van der Waals surface area (Å²) in [5.74, 6) is 0.114. The number of piperidine rings is 1. The normalized spacial score (nSPS) is 22.1. The minimum absolute atomic E-state index is 0.00134. The van der Waals surface area contributed by atoms with E-state index in [9.17, 15) is 9.90 Å². The van der Waals surface area contributed by atoms with Gasteiger partial charge in [0.1, 0.15) is 17.7 Å². The zero-order valence-corrected chi connectivity index (χ0v) is 24.8. The maximum atomic E-state index is 15.1. The number of fused-ring (bicyclic) bond motifs is 1. The molecule has 1 unspecified atom stereocenters. The van der Waals surface area contributed by atoms with Crippen molar-refractivity contribution in [2.45, 2.75) is 83.4 Å². The summed E-state index contributed by atoms with van der Waals surface area (Å²) in [5.41, 5.74) is 5.71. The Bertz CT molecular complexity index is 1450. The van der Waals surface area contributed by atoms with E-state index in [0.29, 0.717) is 23.4 Å². The van der Waals surface area contributed by atoms with Crippen LogP contribution < -0.4 is 9.47 Å². The number of carboxylic acids is 1. The fraction of sp³-hybridized carbons (Fsp3) is 0.486. The topological polar surface area (TPSA) is 71.9 Å². The molecule has 0 spiro atoms. The Balaban J connectivity index is 1.32. The first-order valence-electron chi connectivity index (χ1n) is 15.4. The Morgan fingerprint density at radius 3 is 2.69 bits per heavy atom. The summed E-state index contributed by atoms with van der Waals surface area (Å²) in [6.45, 7) is 5.86. The van der Waals surface area contributed by atoms with Crippen molar-refractivity contribution in [3.63, 3.8) is 0 Å². The van der Waals surface area contributed by atoms with Gasteiger partial charge in [-0.15, -0.1) is 0 Å². The van der Waals surface area contributed by atoms with Gasteiger partial charge in [0.2, 0.25) is 5.88 Å². The number of carbonyl (C=O) groups is 1. The van der Waals surface area contributed by atoms with Crippen molar-refractivity contribution in [3.8, 4) is 22.8 Å². The summed E-state index contributed by atoms with van der Waals surface area (Å²) in [5, 5.41) is 9.76. The van der Waals surface area contributed by atoms with Crippen LogP contribution in [0.3, 0.4) is 0 Å². The molecule has 0 bridgehead atoms. The van der Waals surface area contributed by atoms with Crippen LogP contribution in [0.5, 0.6) is 11.6 Å². The van der Waals surface area contributed by atoms with E-state index < -0.39 is 11.9 Å². The second-order valence-corrected chi connectivity index (χ2v) is 12.4. The first-order valence-corrected chi connectivity index (χ1v) is 15.4. The zero-order chi connectivity index (χ0) is 29.4. The molecule has 1 aliphatic carbocycles. The number of aryl methyl sites for hydroxylation is 1. The number of likely N-dealkylation sites (tertiary alicyclic amines) is 1. The molecule has 3 heterocycles. The minimum atomic E-state index is -0.748. The highest BCUT2D eigenvalue weighted by Gasteiger charge is 2.39. The van der Waals surface area contributed by atoms with Crippen molar-refractivity contribution < 1.29 is 23.8 Å². The van der Waals surface area contributed by atoms with Crippen LogP contribution in [0, 0.1) is 17.7 Å². The molecule has 2 fully saturated rings. The van der Waals surface area contributed by atoms with E-state index in [1.165, 1.54) is 25.5 Å². The van der Waals surface area contributed by atoms with Crippen LogP contribution >= 0.6 is 0 Å². The molecule has 3 aromatic rings. The van der Waals surface area contributed by atoms with E-state index in [2.05, 4.69) is 47.1 Å². The Labute approximate surface area is 247 Å². The van der Waals surface area contributed by atoms with E-state index in [1.54, 1.807) is 13.2 Å². The van der Waals surface area contributed by atoms with E-state index >= 15 is 4.39 Å². The minimum Gasteiger partial charge on any atom is -0.485 e. The molecule has 6 rings (SSSR count). The number of nitrogens with zero attached hydrogens (tertiary/aromatic N) is 2. The van der Waals surface area contributed by atoms with Crippen molar-refractivity contribution in [3.05, 3.63) is 76.7 Å². The molecule has 222 valence electrons. The maximum Gasteiger partial charge on any atom is 0.306 e. The number of hydrogen-bond donors (Lipinski definition) is 1. The molecular formula is C35H41FN2O4. The number of halogens is 1. The molecule has 0 amide bonds. The lowest BCUT2D eigenvalue weighted by Gasteiger charge is -2.34. The number of rotatable bonds is 9. The van der Waals surface area contributed by atoms with E-state index in [1.807, 2.05) is 13.0 Å². The van der Waals surface area contributed by atoms with E-state index in [-0.39, 0.29) is 17.8 Å². The molecule has 1 aromatic heterocycles. The highest BCUT2D eigenvalue weighted by molar-refractivity contribution is 5.71. The van der Waals surface area contributed by atoms with Crippen LogP contribution in [0.25, 0.3) is 11.1 Å². The third-order valence-electron chi connectivity index (χ3n) is 9.62. The lowest BCUT2D eigenvalue weighted by Crippen LogP contribution is -2.36. The molecule has 1 saturated heterocycles. The van der Waals surface area contributed by atoms with Gasteiger partial charge in [0.15, 0.2) is 0 Å². The summed E-state index contributed by atoms with van der Waals surface area (Å²) in [7, 11) is 1.54. The molecule has 0 radical (unpaired) electrons. The van der Waals surface area contributed by atoms with Gasteiger partial charge < -0.3 is 14.6 Å². The Morgan fingerprint density at radius 1 is 1.12 bits per heavy atom. The van der Waals surface area contributed by atoms with Crippen LogP contribution in [0.2, 0.25) is 0 Å². The maximum absolute atomic E-state index is 15.1. The number of aromatic nitrogens is 1. The number of benzene rings is 2. The van der Waals surface area contributed by atoms with Gasteiger partial charge in [0.25, 0.3) is 0 Å². The van der Waals surface area contributed by atoms with Gasteiger partial charge in [-0.1, -0.05) is 43.7 Å². The molecule has 1 N–H and O–H groups in total. The molecule has 7 heteroatoms. The predicted molar refractivity (Wildman–Crippen MR) is 160 cm³/mol. The smallest absolute Gasteiger partial charge is 0.306 e. The Morgan fingerprint density at radius 2 is 1.95 bits per heavy atom. The van der Waals surface area contributed by atoms with Crippen LogP contribution in [0.1, 0.15) is 86.6 Å². The quantitative estimate of drug-likeness (QED) is 0.285. The summed E-state index contributed by atoms with van der Waals surface area (Å²) in [4.78, 5) is 18.4. The summed E-state index contributed by atoms with van der Waals surface area (Å²) in [6.07, 6.45) is 8.57. The molecule has 2 aromatic carbocycles. The lowest BCUT2D eigenvalue weighted by molar-refractivity contribution is -0.142. The van der Waals surface area contributed by atoms with Crippen molar-refractivity contribution in [1.82, 2.24) is 9.88 Å². The SMILES string of the molecule is COc1cc(-c2ccc([C@@H]3CCc4ccc(C(C5CC5)[C@H](C)C(=O)O)cc4O3)cc2CN2CCCC[C@@H]2C)c(F)cn1. The second kappa shape index (κ2) is 12.0. The average molecular weight is 573 g/mol. The number of ether oxygens (including phenoxy) is 2. The third-order valence-corrected chi connectivity index (χ3v) is 9.62. The molecule has 4 atom stereocenters. The van der Waals surface area contributed by atoms with Gasteiger partial charge in [-0.05, 0) is 97.7 Å². The van der Waals surface area contributed by atoms with Gasteiger partial charge in [0.05, 0.1) is 19.2 Å². The highest BCUT2D eigenvalue weighted by atomic mass is 19.1. The van der Waals surface area contributed by atoms with Crippen molar-refractivity contribution >= 4 is 5.97 Å². The molecule has 3 aliphatic rings. The zero-order valence-electron chi connectivity index (χ0n) is 24.8. The van der Waals surface area contributed by atoms with Gasteiger partial charge in [0, 0.05) is 24.2 Å². The number of methoxy groups -OCH3 is 1. The Kier molecular flexibility index (Phi) is 8.22. The molecule has 6 nitrogen and oxygen atoms in total. The first kappa shape index (κ1) is 28.7. The first-order chi connectivity index (χ1) is 20.3. The van der Waals surface area contributed by atoms with Crippen LogP contribution in [-0.2, 0) is 17.8 Å². The predicted octanol–water partition coefficient (Wildman–Crippen LogP) is 7.55. The van der Waals surface area contributed by atoms with Gasteiger partial charge in [-0.3, -0.25) is 9.69 Å². The number of aliphatic carboxylic acids is 1. The molecular weight excluding hydrogens is 531 g/mol. The molecule has 1 saturated carbocycles. The van der Waals surface area contributed by atoms with Crippen LogP contribution in [0.4, 0.5) is 4.39 Å². The summed E-state index contributed by atoms with van der Waals surface area (Å²) in [6, 6.07) is 14.7. The molecule has 42 heavy (non-hydrogen) atoms. The molecule has 2 aliphatic heterocycles. The van der Waals surface area contributed by atoms with Crippen LogP contribution in [-0.4, -0.2) is 40.7 Å². The summed E-state index contributed by atoms with van der Waals surface area (Å²) >= 11 is 0. The lowest BCUT2D eigenvalue weighted by atomic mass is 9.82. The van der Waals surface area contributed by atoms with Crippen molar-refractivity contribution in [2.24, 2.45) is 11.8 Å². The monoisotopic (exact) mass is 572 g/mol. The summed E-state index contributed by atoms with van der Waals surface area (Å²) < 4.78 is 27.1. The highest BCUT2D eigenvalue weighted by Crippen LogP contribution is 2.48. The van der Waals surface area contributed by atoms with Crippen LogP contribution in [0.15, 0.2) is 48.7 Å². The van der Waals surface area contributed by atoms with E-state index in [4.69, 9.17) is 9.47 Å². The number of carboxylic acid groups (broad SMARTS) is 1. The average Bonchev–Trinajstić information content (AvgIpc) is 3.83. The van der Waals surface area contributed by atoms with Gasteiger partial charge in [-0.2, -0.15) is 0 Å². The van der Waals surface area contributed by atoms with Crippen molar-refractivity contribution in [1.29, 1.82) is 0 Å². The third kappa shape index (κ3) is 5.89. The van der Waals surface area contributed by atoms with Gasteiger partial charge >= 0.3 is 5.97 Å². The standard InChI is InChI=1S/C35H41FN2O4/c1-21-6-4-5-15-38(21)20-27-16-25(11-13-28(27)29-18-33(41-3)37-19-30(29)36)31-14-12-23-7-10-26(17-32(23)42-31)34(24-8-9-24)22(2)35(39)40/h7,10-11,13,16-19,21-22,24,31,34H,4-6,8-9,12,14-15,20H2,1-3H3,(H,39,40)/t21-,22-,31-,34?/m0/s1. The number of hydrogen-bond acceptors (Lipinski definition) is 5. The van der Waals surface area contributed by atoms with Gasteiger partial charge in [-0.25, -0.2) is 9.37 Å². The largest absolute Gasteiger partial charge is 0.485 e. The fourth-order valence-electron chi connectivity index (χ4n) is 6.96. The fourth-order valence-corrected chi connectivity index (χ4v) is 6.96. The number of pyridine rings is 1. The second-order valence-electron chi connectivity index (χ2n) is 12.4. The van der Waals surface area contributed by atoms with E-state index in [0.717, 1.165) is 72.3 Å². The Hall–Kier alpha value is -3.45.